The van der Waals surface area contributed by atoms with E-state index in [1.165, 1.54) is 6.33 Å². The zero-order chi connectivity index (χ0) is 22.7. The second-order valence-corrected chi connectivity index (χ2v) is 8.04. The highest BCUT2D eigenvalue weighted by atomic mass is 35.5. The number of nitrogens with zero attached hydrogens (tertiary/aromatic N) is 4. The second kappa shape index (κ2) is 9.33. The molecule has 0 radical (unpaired) electrons. The highest BCUT2D eigenvalue weighted by Crippen LogP contribution is 2.21. The molecular weight excluding hydrogens is 430 g/mol. The number of hydrogen-bond acceptors (Lipinski definition) is 7. The highest BCUT2D eigenvalue weighted by molar-refractivity contribution is 6.30. The Balaban J connectivity index is 1.44. The Kier molecular flexibility index (Phi) is 6.34. The quantitative estimate of drug-likeness (QED) is 0.348. The largest absolute Gasteiger partial charge is 0.507 e. The van der Waals surface area contributed by atoms with Gasteiger partial charge < -0.3 is 20.5 Å². The number of aliphatic hydroxyl groups is 1. The molecule has 1 aromatic heterocycles. The van der Waals surface area contributed by atoms with Crippen LogP contribution in [0.4, 0.5) is 5.82 Å². The van der Waals surface area contributed by atoms with Crippen molar-refractivity contribution in [3.63, 3.8) is 0 Å². The predicted octanol–water partition coefficient (Wildman–Crippen LogP) is 2.68. The number of aldehydes is 1. The van der Waals surface area contributed by atoms with E-state index in [4.69, 9.17) is 17.3 Å². The Bertz CT molecular complexity index is 1200. The molecule has 4 rings (SSSR count). The van der Waals surface area contributed by atoms with Crippen molar-refractivity contribution in [2.75, 3.05) is 25.4 Å². The maximum absolute atomic E-state index is 12.7. The molecule has 0 bridgehead atoms. The number of benzene rings is 2. The summed E-state index contributed by atoms with van der Waals surface area (Å²) in [6.45, 7) is 1.73. The van der Waals surface area contributed by atoms with Crippen LogP contribution in [0.3, 0.4) is 0 Å². The second-order valence-electron chi connectivity index (χ2n) is 7.61. The fourth-order valence-electron chi connectivity index (χ4n) is 3.77. The lowest BCUT2D eigenvalue weighted by Gasteiger charge is -2.38. The molecule has 1 aliphatic heterocycles. The number of hydrogen-bond donors (Lipinski definition) is 2. The molecule has 1 amide bonds. The van der Waals surface area contributed by atoms with Crippen LogP contribution < -0.4 is 5.73 Å². The molecule has 8 nitrogen and oxygen atoms in total. The minimum Gasteiger partial charge on any atom is -0.507 e. The van der Waals surface area contributed by atoms with Gasteiger partial charge in [-0.3, -0.25) is 9.69 Å². The molecule has 2 heterocycles. The maximum atomic E-state index is 12.7. The van der Waals surface area contributed by atoms with Gasteiger partial charge >= 0.3 is 0 Å². The van der Waals surface area contributed by atoms with Crippen molar-refractivity contribution in [3.8, 4) is 0 Å². The molecule has 0 spiro atoms. The number of halogens is 1. The number of carbonyl (C=O) groups excluding carboxylic acids is 2. The number of aromatic nitrogens is 2. The van der Waals surface area contributed by atoms with Gasteiger partial charge in [-0.2, -0.15) is 0 Å². The number of carbonyl (C=O) groups is 2. The van der Waals surface area contributed by atoms with Crippen molar-refractivity contribution < 1.29 is 14.7 Å². The van der Waals surface area contributed by atoms with Gasteiger partial charge in [-0.15, -0.1) is 0 Å². The summed E-state index contributed by atoms with van der Waals surface area (Å²) in [5.41, 5.74) is 8.07. The fourth-order valence-corrected chi connectivity index (χ4v) is 3.96. The van der Waals surface area contributed by atoms with Crippen LogP contribution in [0.25, 0.3) is 16.7 Å². The first-order valence-electron chi connectivity index (χ1n) is 10.1. The van der Waals surface area contributed by atoms with Gasteiger partial charge in [0.1, 0.15) is 24.2 Å². The summed E-state index contributed by atoms with van der Waals surface area (Å²) < 4.78 is 0. The number of amides is 1. The van der Waals surface area contributed by atoms with Crippen molar-refractivity contribution >= 4 is 46.3 Å². The molecule has 32 heavy (non-hydrogen) atoms. The van der Waals surface area contributed by atoms with Crippen LogP contribution >= 0.6 is 11.6 Å². The van der Waals surface area contributed by atoms with E-state index < -0.39 is 6.04 Å². The zero-order valence-electron chi connectivity index (χ0n) is 17.2. The predicted molar refractivity (Wildman–Crippen MR) is 123 cm³/mol. The average Bonchev–Trinajstić information content (AvgIpc) is 2.79. The van der Waals surface area contributed by atoms with Crippen LogP contribution in [0.15, 0.2) is 54.9 Å². The molecular formula is C23H22ClN5O3. The first-order chi connectivity index (χ1) is 15.4. The third-order valence-corrected chi connectivity index (χ3v) is 5.74. The Morgan fingerprint density at radius 1 is 1.22 bits per heavy atom. The smallest absolute Gasteiger partial charge is 0.250 e. The van der Waals surface area contributed by atoms with Crippen LogP contribution in [-0.4, -0.2) is 62.7 Å². The van der Waals surface area contributed by atoms with Crippen molar-refractivity contribution in [1.82, 2.24) is 19.8 Å². The zero-order valence-corrected chi connectivity index (χ0v) is 17.9. The summed E-state index contributed by atoms with van der Waals surface area (Å²) in [5.74, 6) is -0.0969. The van der Waals surface area contributed by atoms with Crippen molar-refractivity contribution in [2.24, 2.45) is 0 Å². The van der Waals surface area contributed by atoms with Crippen molar-refractivity contribution in [3.05, 3.63) is 71.0 Å². The van der Waals surface area contributed by atoms with Gasteiger partial charge in [0.2, 0.25) is 5.91 Å². The lowest BCUT2D eigenvalue weighted by Crippen LogP contribution is -2.54. The Morgan fingerprint density at radius 3 is 2.84 bits per heavy atom. The first-order valence-corrected chi connectivity index (χ1v) is 10.5. The third kappa shape index (κ3) is 4.71. The molecule has 0 aliphatic carbocycles. The van der Waals surface area contributed by atoms with Gasteiger partial charge in [0.05, 0.1) is 11.6 Å². The molecule has 3 N–H and O–H groups in total. The maximum Gasteiger partial charge on any atom is 0.250 e. The van der Waals surface area contributed by atoms with E-state index >= 15 is 0 Å². The summed E-state index contributed by atoms with van der Waals surface area (Å²) in [6.07, 6.45) is 3.43. The van der Waals surface area contributed by atoms with Crippen LogP contribution in [0.2, 0.25) is 5.02 Å². The van der Waals surface area contributed by atoms with Gasteiger partial charge in [-0.05, 0) is 29.8 Å². The van der Waals surface area contributed by atoms with E-state index in [-0.39, 0.29) is 18.2 Å². The number of anilines is 1. The first kappa shape index (κ1) is 21.7. The van der Waals surface area contributed by atoms with Crippen LogP contribution in [0.1, 0.15) is 11.1 Å². The Morgan fingerprint density at radius 2 is 2.06 bits per heavy atom. The van der Waals surface area contributed by atoms with Gasteiger partial charge in [-0.25, -0.2) is 9.97 Å². The van der Waals surface area contributed by atoms with E-state index in [1.54, 1.807) is 29.2 Å². The molecule has 1 fully saturated rings. The Labute approximate surface area is 189 Å². The molecule has 1 aliphatic rings. The summed E-state index contributed by atoms with van der Waals surface area (Å²) in [6, 6.07) is 11.9. The average molecular weight is 452 g/mol. The van der Waals surface area contributed by atoms with Gasteiger partial charge in [0.15, 0.2) is 0 Å². The molecule has 0 saturated carbocycles. The number of aliphatic hydroxyl groups excluding tert-OH is 1. The number of nitrogens with two attached hydrogens (primary N) is 1. The number of fused-ring (bicyclic) bond motifs is 1. The van der Waals surface area contributed by atoms with Gasteiger partial charge in [0, 0.05) is 48.2 Å². The molecule has 9 heteroatoms. The minimum atomic E-state index is -0.458. The minimum absolute atomic E-state index is 0.167. The van der Waals surface area contributed by atoms with Gasteiger partial charge in [-0.1, -0.05) is 29.8 Å². The highest BCUT2D eigenvalue weighted by Gasteiger charge is 2.29. The van der Waals surface area contributed by atoms with E-state index in [0.29, 0.717) is 36.0 Å². The summed E-state index contributed by atoms with van der Waals surface area (Å²) >= 11 is 5.94. The lowest BCUT2D eigenvalue weighted by molar-refractivity contribution is -0.130. The SMILES string of the molecule is Nc1ncnc2cc(CN3CCN(C(=O)C=C(O)c4cccc(Cl)c4)CC3C=O)ccc12. The van der Waals surface area contributed by atoms with E-state index in [2.05, 4.69) is 9.97 Å². The Hall–Kier alpha value is -3.49. The van der Waals surface area contributed by atoms with Crippen LogP contribution in [0, 0.1) is 0 Å². The number of nitrogen functional groups attached to an aromatic ring is 1. The number of rotatable bonds is 5. The summed E-state index contributed by atoms with van der Waals surface area (Å²) in [5, 5.41) is 11.5. The topological polar surface area (TPSA) is 113 Å². The van der Waals surface area contributed by atoms with Crippen LogP contribution in [0.5, 0.6) is 0 Å². The lowest BCUT2D eigenvalue weighted by atomic mass is 10.1. The molecule has 1 unspecified atom stereocenters. The monoisotopic (exact) mass is 451 g/mol. The molecule has 1 saturated heterocycles. The molecule has 164 valence electrons. The van der Waals surface area contributed by atoms with E-state index in [9.17, 15) is 14.7 Å². The fraction of sp³-hybridized carbons (Fsp3) is 0.217. The third-order valence-electron chi connectivity index (χ3n) is 5.50. The molecule has 2 aromatic carbocycles. The van der Waals surface area contributed by atoms with Crippen molar-refractivity contribution in [1.29, 1.82) is 0 Å². The summed E-state index contributed by atoms with van der Waals surface area (Å²) in [4.78, 5) is 36.3. The number of piperazine rings is 1. The van der Waals surface area contributed by atoms with Gasteiger partial charge in [0.25, 0.3) is 0 Å². The molecule has 1 atom stereocenters. The van der Waals surface area contributed by atoms with Crippen molar-refractivity contribution in [2.45, 2.75) is 12.6 Å². The van der Waals surface area contributed by atoms with E-state index in [1.807, 2.05) is 23.1 Å². The molecule has 3 aromatic rings. The van der Waals surface area contributed by atoms with E-state index in [0.717, 1.165) is 28.8 Å². The summed E-state index contributed by atoms with van der Waals surface area (Å²) in [7, 11) is 0. The normalized spacial score (nSPS) is 17.5. The van der Waals surface area contributed by atoms with Crippen LogP contribution in [-0.2, 0) is 16.1 Å². The standard InChI is InChI=1S/C23H22ClN5O3/c24-17-3-1-2-16(9-17)21(31)10-22(32)29-7-6-28(18(12-29)13-30)11-15-4-5-19-20(8-15)26-14-27-23(19)25/h1-5,8-10,13-14,18,31H,6-7,11-12H2,(H2,25,26,27).